The number of anilines is 1. The third kappa shape index (κ3) is 3.09. The molecule has 3 aromatic carbocycles. The lowest BCUT2D eigenvalue weighted by atomic mass is 9.97. The molecule has 0 spiro atoms. The number of halogens is 1. The molecule has 0 saturated carbocycles. The van der Waals surface area contributed by atoms with E-state index in [4.69, 9.17) is 20.8 Å². The second-order valence-corrected chi connectivity index (χ2v) is 8.38. The lowest BCUT2D eigenvalue weighted by Gasteiger charge is -2.25. The Morgan fingerprint density at radius 2 is 1.72 bits per heavy atom. The van der Waals surface area contributed by atoms with Crippen LogP contribution in [0.15, 0.2) is 69.9 Å². The van der Waals surface area contributed by atoms with Crippen molar-refractivity contribution in [3.05, 3.63) is 104 Å². The minimum atomic E-state index is -0.675. The fraction of sp³-hybridized carbons (Fsp3) is 0.154. The summed E-state index contributed by atoms with van der Waals surface area (Å²) in [5.74, 6) is 0.279. The third-order valence-electron chi connectivity index (χ3n) is 5.98. The molecule has 0 fully saturated rings. The van der Waals surface area contributed by atoms with Gasteiger partial charge in [0.15, 0.2) is 5.43 Å². The van der Waals surface area contributed by atoms with E-state index in [1.165, 1.54) is 0 Å². The van der Waals surface area contributed by atoms with Crippen molar-refractivity contribution >= 4 is 34.2 Å². The fourth-order valence-electron chi connectivity index (χ4n) is 4.25. The van der Waals surface area contributed by atoms with E-state index in [2.05, 4.69) is 0 Å². The van der Waals surface area contributed by atoms with E-state index >= 15 is 0 Å². The van der Waals surface area contributed by atoms with Gasteiger partial charge < -0.3 is 9.15 Å². The first-order valence-electron chi connectivity index (χ1n) is 10.2. The van der Waals surface area contributed by atoms with Crippen LogP contribution in [-0.2, 0) is 0 Å². The zero-order valence-electron chi connectivity index (χ0n) is 17.8. The predicted octanol–water partition coefficient (Wildman–Crippen LogP) is 5.82. The molecule has 1 amide bonds. The van der Waals surface area contributed by atoms with Crippen LogP contribution >= 0.6 is 11.6 Å². The van der Waals surface area contributed by atoms with Gasteiger partial charge in [-0.15, -0.1) is 0 Å². The van der Waals surface area contributed by atoms with Crippen LogP contribution in [0.25, 0.3) is 11.0 Å². The maximum absolute atomic E-state index is 13.7. The van der Waals surface area contributed by atoms with Gasteiger partial charge in [0, 0.05) is 16.8 Å². The van der Waals surface area contributed by atoms with Crippen LogP contribution in [0, 0.1) is 13.8 Å². The summed E-state index contributed by atoms with van der Waals surface area (Å²) in [5, 5.41) is 0.977. The molecule has 0 saturated heterocycles. The first-order valence-corrected chi connectivity index (χ1v) is 10.6. The Bertz CT molecular complexity index is 1460. The van der Waals surface area contributed by atoms with Crippen LogP contribution in [0.3, 0.4) is 0 Å². The van der Waals surface area contributed by atoms with Crippen molar-refractivity contribution in [3.63, 3.8) is 0 Å². The molecule has 5 nitrogen and oxygen atoms in total. The summed E-state index contributed by atoms with van der Waals surface area (Å²) in [6, 6.07) is 17.3. The van der Waals surface area contributed by atoms with Crippen molar-refractivity contribution < 1.29 is 13.9 Å². The van der Waals surface area contributed by atoms with Gasteiger partial charge in [0.05, 0.1) is 24.1 Å². The summed E-state index contributed by atoms with van der Waals surface area (Å²) in [7, 11) is 1.57. The Labute approximate surface area is 189 Å². The Hall–Kier alpha value is -3.57. The van der Waals surface area contributed by atoms with Gasteiger partial charge in [0.2, 0.25) is 5.76 Å². The van der Waals surface area contributed by atoms with Crippen LogP contribution in [0.2, 0.25) is 5.02 Å². The number of aryl methyl sites for hydroxylation is 2. The Kier molecular flexibility index (Phi) is 4.79. The molecule has 32 heavy (non-hydrogen) atoms. The van der Waals surface area contributed by atoms with Crippen LogP contribution in [0.5, 0.6) is 5.75 Å². The van der Waals surface area contributed by atoms with E-state index in [0.29, 0.717) is 33.0 Å². The molecule has 160 valence electrons. The SMILES string of the molecule is COc1cccc(N2C(=O)c3oc4cc(C)c(C)cc4c(=O)c3C2c2cccc(Cl)c2)c1. The number of rotatable bonds is 3. The first kappa shape index (κ1) is 20.3. The molecule has 0 N–H and O–H groups in total. The molecule has 1 unspecified atom stereocenters. The maximum atomic E-state index is 13.7. The van der Waals surface area contributed by atoms with E-state index in [0.717, 1.165) is 16.7 Å². The Balaban J connectivity index is 1.83. The highest BCUT2D eigenvalue weighted by atomic mass is 35.5. The van der Waals surface area contributed by atoms with E-state index in [1.807, 2.05) is 38.1 Å². The molecule has 6 heteroatoms. The molecular weight excluding hydrogens is 426 g/mol. The molecule has 0 radical (unpaired) electrons. The minimum Gasteiger partial charge on any atom is -0.497 e. The second kappa shape index (κ2) is 7.53. The van der Waals surface area contributed by atoms with Gasteiger partial charge in [-0.2, -0.15) is 0 Å². The van der Waals surface area contributed by atoms with Crippen LogP contribution in [0.1, 0.15) is 38.9 Å². The van der Waals surface area contributed by atoms with Gasteiger partial charge in [0.1, 0.15) is 11.3 Å². The molecule has 0 aliphatic carbocycles. The van der Waals surface area contributed by atoms with Gasteiger partial charge in [-0.25, -0.2) is 0 Å². The molecule has 0 bridgehead atoms. The maximum Gasteiger partial charge on any atom is 0.295 e. The fourth-order valence-corrected chi connectivity index (χ4v) is 4.45. The zero-order valence-corrected chi connectivity index (χ0v) is 18.6. The molecule has 4 aromatic rings. The van der Waals surface area contributed by atoms with Crippen molar-refractivity contribution in [3.8, 4) is 5.75 Å². The lowest BCUT2D eigenvalue weighted by Crippen LogP contribution is -2.29. The molecule has 1 atom stereocenters. The number of hydrogen-bond acceptors (Lipinski definition) is 4. The van der Waals surface area contributed by atoms with Gasteiger partial charge in [-0.05, 0) is 66.9 Å². The summed E-state index contributed by atoms with van der Waals surface area (Å²) in [4.78, 5) is 28.9. The number of ether oxygens (including phenoxy) is 1. The Morgan fingerprint density at radius 1 is 0.969 bits per heavy atom. The lowest BCUT2D eigenvalue weighted by molar-refractivity contribution is 0.0971. The minimum absolute atomic E-state index is 0.0542. The van der Waals surface area contributed by atoms with Crippen LogP contribution in [-0.4, -0.2) is 13.0 Å². The number of methoxy groups -OCH3 is 1. The summed E-state index contributed by atoms with van der Waals surface area (Å²) >= 11 is 6.28. The second-order valence-electron chi connectivity index (χ2n) is 7.94. The normalized spacial score (nSPS) is 15.3. The molecule has 1 aliphatic heterocycles. The number of benzene rings is 3. The van der Waals surface area contributed by atoms with Gasteiger partial charge in [0.25, 0.3) is 5.91 Å². The van der Waals surface area contributed by atoms with Gasteiger partial charge >= 0.3 is 0 Å². The monoisotopic (exact) mass is 445 g/mol. The van der Waals surface area contributed by atoms with Crippen molar-refractivity contribution in [1.82, 2.24) is 0 Å². The van der Waals surface area contributed by atoms with Crippen molar-refractivity contribution in [1.29, 1.82) is 0 Å². The smallest absolute Gasteiger partial charge is 0.295 e. The molecular formula is C26H20ClNO4. The number of nitrogens with zero attached hydrogens (tertiary/aromatic N) is 1. The van der Waals surface area contributed by atoms with Crippen molar-refractivity contribution in [2.24, 2.45) is 0 Å². The molecule has 5 rings (SSSR count). The highest BCUT2D eigenvalue weighted by Gasteiger charge is 2.43. The quantitative estimate of drug-likeness (QED) is 0.398. The average molecular weight is 446 g/mol. The summed E-state index contributed by atoms with van der Waals surface area (Å²) in [5.41, 5.74) is 3.80. The largest absolute Gasteiger partial charge is 0.497 e. The number of carbonyl (C=O) groups is 1. The molecule has 1 aliphatic rings. The number of amides is 1. The van der Waals surface area contributed by atoms with Crippen LogP contribution < -0.4 is 15.1 Å². The highest BCUT2D eigenvalue weighted by Crippen LogP contribution is 2.42. The number of carbonyl (C=O) groups excluding carboxylic acids is 1. The number of fused-ring (bicyclic) bond motifs is 2. The van der Waals surface area contributed by atoms with Gasteiger partial charge in [-0.3, -0.25) is 14.5 Å². The van der Waals surface area contributed by atoms with E-state index in [9.17, 15) is 9.59 Å². The van der Waals surface area contributed by atoms with E-state index < -0.39 is 6.04 Å². The average Bonchev–Trinajstić information content (AvgIpc) is 3.08. The predicted molar refractivity (Wildman–Crippen MR) is 125 cm³/mol. The zero-order chi connectivity index (χ0) is 22.6. The van der Waals surface area contributed by atoms with E-state index in [-0.39, 0.29) is 17.1 Å². The van der Waals surface area contributed by atoms with Crippen molar-refractivity contribution in [2.75, 3.05) is 12.0 Å². The first-order chi connectivity index (χ1) is 15.4. The molecule has 1 aromatic heterocycles. The van der Waals surface area contributed by atoms with E-state index in [1.54, 1.807) is 48.4 Å². The highest BCUT2D eigenvalue weighted by molar-refractivity contribution is 6.30. The van der Waals surface area contributed by atoms with Gasteiger partial charge in [-0.1, -0.05) is 29.8 Å². The Morgan fingerprint density at radius 3 is 2.47 bits per heavy atom. The van der Waals surface area contributed by atoms with Crippen molar-refractivity contribution in [2.45, 2.75) is 19.9 Å². The standard InChI is InChI=1S/C26H20ClNO4/c1-14-10-20-21(11-15(14)2)32-25-22(24(20)29)23(16-6-4-7-17(27)12-16)28(26(25)30)18-8-5-9-19(13-18)31-3/h4-13,23H,1-3H3. The topological polar surface area (TPSA) is 59.8 Å². The summed E-state index contributed by atoms with van der Waals surface area (Å²) in [6.07, 6.45) is 0. The van der Waals surface area contributed by atoms with Crippen LogP contribution in [0.4, 0.5) is 5.69 Å². The molecule has 2 heterocycles. The summed E-state index contributed by atoms with van der Waals surface area (Å²) in [6.45, 7) is 3.89. The summed E-state index contributed by atoms with van der Waals surface area (Å²) < 4.78 is 11.4. The third-order valence-corrected chi connectivity index (χ3v) is 6.22. The number of hydrogen-bond donors (Lipinski definition) is 0.